The first-order chi connectivity index (χ1) is 13.5. The first-order valence-corrected chi connectivity index (χ1v) is 10.2. The maximum absolute atomic E-state index is 12.9. The summed E-state index contributed by atoms with van der Waals surface area (Å²) in [5.41, 5.74) is 2.30. The topological polar surface area (TPSA) is 82.4 Å². The third kappa shape index (κ3) is 3.25. The highest BCUT2D eigenvalue weighted by Crippen LogP contribution is 2.39. The number of hydrogen-bond donors (Lipinski definition) is 1. The van der Waals surface area contributed by atoms with Gasteiger partial charge in [0.15, 0.2) is 6.10 Å². The van der Waals surface area contributed by atoms with Gasteiger partial charge in [-0.1, -0.05) is 19.1 Å². The van der Waals surface area contributed by atoms with Crippen LogP contribution in [0.25, 0.3) is 0 Å². The Kier molecular flexibility index (Phi) is 4.82. The maximum Gasteiger partial charge on any atom is 0.267 e. The number of nitriles is 1. The summed E-state index contributed by atoms with van der Waals surface area (Å²) < 4.78 is 5.85. The summed E-state index contributed by atoms with van der Waals surface area (Å²) in [4.78, 5) is 27.7. The second-order valence-corrected chi connectivity index (χ2v) is 8.47. The Labute approximate surface area is 167 Å². The van der Waals surface area contributed by atoms with Gasteiger partial charge in [0, 0.05) is 11.8 Å². The van der Waals surface area contributed by atoms with Crippen LogP contribution in [0.5, 0.6) is 5.75 Å². The van der Waals surface area contributed by atoms with Gasteiger partial charge in [0.25, 0.3) is 5.91 Å². The Morgan fingerprint density at radius 2 is 2.14 bits per heavy atom. The van der Waals surface area contributed by atoms with Gasteiger partial charge in [-0.25, -0.2) is 0 Å². The van der Waals surface area contributed by atoms with E-state index in [2.05, 4.69) is 18.3 Å². The number of nitrogens with zero attached hydrogens (tertiary/aromatic N) is 2. The molecule has 4 rings (SSSR count). The molecule has 144 valence electrons. The summed E-state index contributed by atoms with van der Waals surface area (Å²) >= 11 is 1.48. The molecule has 2 amide bonds. The molecule has 1 aliphatic carbocycles. The van der Waals surface area contributed by atoms with Crippen molar-refractivity contribution < 1.29 is 14.3 Å². The van der Waals surface area contributed by atoms with Crippen molar-refractivity contribution in [2.75, 3.05) is 16.8 Å². The van der Waals surface area contributed by atoms with Crippen LogP contribution in [0.3, 0.4) is 0 Å². The van der Waals surface area contributed by atoms with Gasteiger partial charge in [-0.15, -0.1) is 11.3 Å². The molecule has 0 spiro atoms. The highest BCUT2D eigenvalue weighted by molar-refractivity contribution is 7.16. The van der Waals surface area contributed by atoms with E-state index in [9.17, 15) is 14.9 Å². The smallest absolute Gasteiger partial charge is 0.267 e. The Hall–Kier alpha value is -2.85. The number of para-hydroxylation sites is 2. The van der Waals surface area contributed by atoms with E-state index in [0.717, 1.165) is 24.8 Å². The van der Waals surface area contributed by atoms with Gasteiger partial charge in [-0.3, -0.25) is 9.59 Å². The summed E-state index contributed by atoms with van der Waals surface area (Å²) in [6, 6.07) is 9.44. The van der Waals surface area contributed by atoms with Crippen molar-refractivity contribution in [3.05, 3.63) is 40.3 Å². The molecule has 6 nitrogen and oxygen atoms in total. The minimum Gasteiger partial charge on any atom is -0.476 e. The summed E-state index contributed by atoms with van der Waals surface area (Å²) in [7, 11) is 0. The zero-order valence-corrected chi connectivity index (χ0v) is 16.6. The standard InChI is InChI=1S/C21H21N3O3S/c1-12-7-8-14-15(10-22)21(28-19(14)9-12)23-20(26)18-11-24(13(2)25)16-5-3-4-6-17(16)27-18/h3-6,12,18H,7-9,11H2,1-2H3,(H,23,26). The van der Waals surface area contributed by atoms with Crippen LogP contribution in [0.2, 0.25) is 0 Å². The third-order valence-corrected chi connectivity index (χ3v) is 6.48. The van der Waals surface area contributed by atoms with Crippen LogP contribution >= 0.6 is 11.3 Å². The Morgan fingerprint density at radius 1 is 1.36 bits per heavy atom. The first-order valence-electron chi connectivity index (χ1n) is 9.37. The van der Waals surface area contributed by atoms with Crippen molar-refractivity contribution in [1.82, 2.24) is 0 Å². The predicted octanol–water partition coefficient (Wildman–Crippen LogP) is 3.50. The maximum atomic E-state index is 12.9. The van der Waals surface area contributed by atoms with Gasteiger partial charge in [-0.2, -0.15) is 5.26 Å². The molecule has 28 heavy (non-hydrogen) atoms. The largest absolute Gasteiger partial charge is 0.476 e. The van der Waals surface area contributed by atoms with Gasteiger partial charge < -0.3 is 15.0 Å². The second kappa shape index (κ2) is 7.28. The molecule has 1 aromatic heterocycles. The fourth-order valence-electron chi connectivity index (χ4n) is 3.82. The van der Waals surface area contributed by atoms with Crippen molar-refractivity contribution in [3.63, 3.8) is 0 Å². The molecular formula is C21H21N3O3S. The molecule has 2 atom stereocenters. The number of hydrogen-bond acceptors (Lipinski definition) is 5. The lowest BCUT2D eigenvalue weighted by Gasteiger charge is -2.33. The van der Waals surface area contributed by atoms with Crippen LogP contribution < -0.4 is 15.0 Å². The molecular weight excluding hydrogens is 374 g/mol. The lowest BCUT2D eigenvalue weighted by atomic mass is 9.88. The van der Waals surface area contributed by atoms with Crippen molar-refractivity contribution >= 4 is 33.8 Å². The minimum absolute atomic E-state index is 0.141. The second-order valence-electron chi connectivity index (χ2n) is 7.36. The highest BCUT2D eigenvalue weighted by Gasteiger charge is 2.34. The number of thiophene rings is 1. The average Bonchev–Trinajstić information content (AvgIpc) is 3.02. The number of carbonyl (C=O) groups is 2. The quantitative estimate of drug-likeness (QED) is 0.844. The molecule has 1 N–H and O–H groups in total. The van der Waals surface area contributed by atoms with E-state index in [1.54, 1.807) is 23.1 Å². The molecule has 0 radical (unpaired) electrons. The van der Waals surface area contributed by atoms with Crippen molar-refractivity contribution in [2.24, 2.45) is 5.92 Å². The van der Waals surface area contributed by atoms with Gasteiger partial charge in [0.2, 0.25) is 5.91 Å². The summed E-state index contributed by atoms with van der Waals surface area (Å²) in [5.74, 6) is 0.600. The number of rotatable bonds is 2. The number of benzene rings is 1. The normalized spacial score (nSPS) is 20.4. The predicted molar refractivity (Wildman–Crippen MR) is 108 cm³/mol. The Bertz CT molecular complexity index is 991. The van der Waals surface area contributed by atoms with Crippen LogP contribution in [-0.2, 0) is 22.4 Å². The van der Waals surface area contributed by atoms with Crippen molar-refractivity contribution in [3.8, 4) is 11.8 Å². The summed E-state index contributed by atoms with van der Waals surface area (Å²) in [6.45, 7) is 3.82. The number of carbonyl (C=O) groups excluding carboxylic acids is 2. The fraction of sp³-hybridized carbons (Fsp3) is 0.381. The molecule has 0 saturated carbocycles. The molecule has 2 aromatic rings. The van der Waals surface area contributed by atoms with E-state index < -0.39 is 6.10 Å². The number of anilines is 2. The molecule has 2 heterocycles. The molecule has 2 unspecified atom stereocenters. The summed E-state index contributed by atoms with van der Waals surface area (Å²) in [5, 5.41) is 13.1. The molecule has 0 saturated heterocycles. The number of fused-ring (bicyclic) bond motifs is 2. The Balaban J connectivity index is 1.58. The minimum atomic E-state index is -0.830. The van der Waals surface area contributed by atoms with Crippen molar-refractivity contribution in [2.45, 2.75) is 39.2 Å². The highest BCUT2D eigenvalue weighted by atomic mass is 32.1. The zero-order valence-electron chi connectivity index (χ0n) is 15.8. The SMILES string of the molecule is CC(=O)N1CC(C(=O)Nc2sc3c(c2C#N)CCC(C)C3)Oc2ccccc21. The van der Waals surface area contributed by atoms with Gasteiger partial charge in [0.05, 0.1) is 17.8 Å². The molecule has 0 bridgehead atoms. The van der Waals surface area contributed by atoms with Gasteiger partial charge in [0.1, 0.15) is 16.8 Å². The lowest BCUT2D eigenvalue weighted by Crippen LogP contribution is -2.48. The average molecular weight is 395 g/mol. The van der Waals surface area contributed by atoms with E-state index >= 15 is 0 Å². The van der Waals surface area contributed by atoms with E-state index in [4.69, 9.17) is 4.74 Å². The summed E-state index contributed by atoms with van der Waals surface area (Å²) in [6.07, 6.45) is 2.04. The molecule has 1 aliphatic heterocycles. The van der Waals surface area contributed by atoms with Gasteiger partial charge in [-0.05, 0) is 42.9 Å². The molecule has 2 aliphatic rings. The van der Waals surface area contributed by atoms with E-state index in [1.807, 2.05) is 6.07 Å². The monoisotopic (exact) mass is 395 g/mol. The number of amides is 2. The van der Waals surface area contributed by atoms with Crippen LogP contribution in [0, 0.1) is 17.2 Å². The Morgan fingerprint density at radius 3 is 2.89 bits per heavy atom. The zero-order chi connectivity index (χ0) is 19.8. The van der Waals surface area contributed by atoms with Crippen LogP contribution in [0.15, 0.2) is 24.3 Å². The first kappa shape index (κ1) is 18.5. The third-order valence-electron chi connectivity index (χ3n) is 5.31. The number of nitrogens with one attached hydrogen (secondary N) is 1. The van der Waals surface area contributed by atoms with E-state index in [-0.39, 0.29) is 18.4 Å². The molecule has 0 fully saturated rings. The van der Waals surface area contributed by atoms with E-state index in [0.29, 0.717) is 27.9 Å². The fourth-order valence-corrected chi connectivity index (χ4v) is 5.18. The number of ether oxygens (including phenoxy) is 1. The van der Waals surface area contributed by atoms with E-state index in [1.165, 1.54) is 23.1 Å². The van der Waals surface area contributed by atoms with Crippen LogP contribution in [0.4, 0.5) is 10.7 Å². The van der Waals surface area contributed by atoms with Crippen LogP contribution in [-0.4, -0.2) is 24.5 Å². The molecule has 1 aromatic carbocycles. The van der Waals surface area contributed by atoms with Crippen molar-refractivity contribution in [1.29, 1.82) is 5.26 Å². The lowest BCUT2D eigenvalue weighted by molar-refractivity contribution is -0.123. The van der Waals surface area contributed by atoms with Crippen LogP contribution in [0.1, 0.15) is 36.3 Å². The molecule has 7 heteroatoms. The van der Waals surface area contributed by atoms with Gasteiger partial charge >= 0.3 is 0 Å².